The fourth-order valence-corrected chi connectivity index (χ4v) is 5.18. The Bertz CT molecular complexity index is 1860. The Morgan fingerprint density at radius 1 is 0.780 bits per heavy atom. The van der Waals surface area contributed by atoms with Gasteiger partial charge in [-0.3, -0.25) is 15.0 Å². The Labute approximate surface area is 289 Å². The number of hydrogen-bond acceptors (Lipinski definition) is 7. The van der Waals surface area contributed by atoms with Crippen molar-refractivity contribution in [1.82, 2.24) is 5.32 Å². The maximum Gasteiger partial charge on any atom is 0.338 e. The summed E-state index contributed by atoms with van der Waals surface area (Å²) in [6.07, 6.45) is 0. The van der Waals surface area contributed by atoms with Crippen molar-refractivity contribution < 1.29 is 34.1 Å². The van der Waals surface area contributed by atoms with Gasteiger partial charge in [-0.1, -0.05) is 97.1 Å². The summed E-state index contributed by atoms with van der Waals surface area (Å²) in [5, 5.41) is 32.0. The summed E-state index contributed by atoms with van der Waals surface area (Å²) in [7, 11) is 1.51. The zero-order valence-corrected chi connectivity index (χ0v) is 27.5. The number of nitrogen functional groups attached to an aromatic ring is 1. The van der Waals surface area contributed by atoms with Gasteiger partial charge in [0.25, 0.3) is 5.97 Å². The molecule has 0 aromatic heterocycles. The molecule has 5 aromatic carbocycles. The summed E-state index contributed by atoms with van der Waals surface area (Å²) in [6.45, 7) is 1.40. The van der Waals surface area contributed by atoms with E-state index in [0.29, 0.717) is 46.0 Å². The lowest BCUT2D eigenvalue weighted by atomic mass is 9.82. The molecule has 5 rings (SSSR count). The van der Waals surface area contributed by atoms with Crippen molar-refractivity contribution in [2.45, 2.75) is 25.1 Å². The highest BCUT2D eigenvalue weighted by molar-refractivity contribution is 5.96. The van der Waals surface area contributed by atoms with E-state index in [0.717, 1.165) is 12.5 Å². The number of rotatable bonds is 13. The lowest BCUT2D eigenvalue weighted by Crippen LogP contribution is -2.54. The van der Waals surface area contributed by atoms with E-state index >= 15 is 0 Å². The van der Waals surface area contributed by atoms with Gasteiger partial charge in [0.15, 0.2) is 17.0 Å². The average molecular weight is 675 g/mol. The predicted molar refractivity (Wildman–Crippen MR) is 190 cm³/mol. The number of ether oxygens (including phenoxy) is 2. The second-order valence-electron chi connectivity index (χ2n) is 11.0. The van der Waals surface area contributed by atoms with Gasteiger partial charge >= 0.3 is 5.97 Å². The smallest absolute Gasteiger partial charge is 0.338 e. The first-order valence-corrected chi connectivity index (χ1v) is 15.5. The second kappa shape index (κ2) is 17.0. The quantitative estimate of drug-likeness (QED) is 0.0649. The molecule has 1 amide bonds. The van der Waals surface area contributed by atoms with Crippen molar-refractivity contribution in [2.75, 3.05) is 12.4 Å². The van der Waals surface area contributed by atoms with Crippen LogP contribution in [0.2, 0.25) is 0 Å². The first-order valence-electron chi connectivity index (χ1n) is 15.5. The molecular weight excluding hydrogens is 636 g/mol. The molecule has 256 valence electrons. The number of nitrogens with two attached hydrogens (primary N) is 1. The molecule has 11 heteroatoms. The maximum atomic E-state index is 14.4. The summed E-state index contributed by atoms with van der Waals surface area (Å²) in [6, 6.07) is 37.7. The number of carbonyl (C=O) groups excluding carboxylic acids is 1. The third-order valence-corrected chi connectivity index (χ3v) is 7.57. The topological polar surface area (TPSA) is 184 Å². The first kappa shape index (κ1) is 36.2. The van der Waals surface area contributed by atoms with Crippen LogP contribution >= 0.6 is 0 Å². The molecular formula is C39H38N4O7. The molecule has 11 nitrogen and oxygen atoms in total. The first-order chi connectivity index (χ1) is 24.0. The Balaban J connectivity index is 0.00000133. The van der Waals surface area contributed by atoms with E-state index in [1.807, 2.05) is 30.3 Å². The highest BCUT2D eigenvalue weighted by Crippen LogP contribution is 2.35. The Morgan fingerprint density at radius 2 is 1.30 bits per heavy atom. The van der Waals surface area contributed by atoms with Gasteiger partial charge in [-0.2, -0.15) is 0 Å². The molecule has 0 saturated carbocycles. The number of amidine groups is 1. The third kappa shape index (κ3) is 9.04. The molecule has 0 spiro atoms. The molecule has 1 unspecified atom stereocenters. The average Bonchev–Trinajstić information content (AvgIpc) is 3.13. The molecule has 0 radical (unpaired) electrons. The minimum Gasteiger partial charge on any atom is -0.493 e. The van der Waals surface area contributed by atoms with Gasteiger partial charge in [-0.05, 0) is 58.7 Å². The van der Waals surface area contributed by atoms with Crippen LogP contribution in [0.1, 0.15) is 40.8 Å². The van der Waals surface area contributed by atoms with Crippen molar-refractivity contribution in [3.63, 3.8) is 0 Å². The number of aliphatic carboxylic acids is 2. The van der Waals surface area contributed by atoms with Crippen molar-refractivity contribution in [2.24, 2.45) is 5.73 Å². The zero-order valence-electron chi connectivity index (χ0n) is 27.5. The normalized spacial score (nSPS) is 11.2. The fourth-order valence-electron chi connectivity index (χ4n) is 5.18. The summed E-state index contributed by atoms with van der Waals surface area (Å²) < 4.78 is 11.7. The molecule has 5 aromatic rings. The predicted octanol–water partition coefficient (Wildman–Crippen LogP) is 5.95. The summed E-state index contributed by atoms with van der Waals surface area (Å²) in [4.78, 5) is 36.6. The highest BCUT2D eigenvalue weighted by Gasteiger charge is 2.45. The third-order valence-electron chi connectivity index (χ3n) is 7.57. The van der Waals surface area contributed by atoms with E-state index in [9.17, 15) is 14.7 Å². The molecule has 1 atom stereocenters. The lowest BCUT2D eigenvalue weighted by molar-refractivity contribution is -0.146. The molecule has 0 fully saturated rings. The van der Waals surface area contributed by atoms with Crippen LogP contribution in [0.25, 0.3) is 0 Å². The van der Waals surface area contributed by atoms with Crippen LogP contribution in [0.3, 0.4) is 0 Å². The summed E-state index contributed by atoms with van der Waals surface area (Å²) in [5.74, 6) is -1.89. The van der Waals surface area contributed by atoms with Gasteiger partial charge in [-0.15, -0.1) is 0 Å². The number of benzene rings is 5. The molecule has 0 heterocycles. The van der Waals surface area contributed by atoms with Crippen molar-refractivity contribution in [3.05, 3.63) is 161 Å². The largest absolute Gasteiger partial charge is 0.493 e. The van der Waals surface area contributed by atoms with Crippen LogP contribution in [-0.2, 0) is 26.5 Å². The van der Waals surface area contributed by atoms with Crippen LogP contribution in [0.5, 0.6) is 11.5 Å². The van der Waals surface area contributed by atoms with Crippen LogP contribution < -0.4 is 25.8 Å². The van der Waals surface area contributed by atoms with Crippen LogP contribution in [0.4, 0.5) is 5.69 Å². The maximum absolute atomic E-state index is 14.4. The van der Waals surface area contributed by atoms with Crippen LogP contribution in [0.15, 0.2) is 133 Å². The van der Waals surface area contributed by atoms with E-state index in [1.54, 1.807) is 103 Å². The van der Waals surface area contributed by atoms with Crippen molar-refractivity contribution in [1.29, 1.82) is 5.41 Å². The number of nitrogens with one attached hydrogen (secondary N) is 3. The minimum absolute atomic E-state index is 0.0892. The van der Waals surface area contributed by atoms with Gasteiger partial charge in [0, 0.05) is 18.2 Å². The number of carboxylic acid groups (broad SMARTS) is 2. The van der Waals surface area contributed by atoms with Crippen molar-refractivity contribution in [3.8, 4) is 11.5 Å². The van der Waals surface area contributed by atoms with Gasteiger partial charge in [0.1, 0.15) is 18.5 Å². The Kier molecular flexibility index (Phi) is 12.3. The van der Waals surface area contributed by atoms with E-state index in [2.05, 4.69) is 10.6 Å². The molecule has 0 saturated heterocycles. The second-order valence-corrected chi connectivity index (χ2v) is 11.0. The minimum atomic E-state index is -1.90. The number of carboxylic acids is 2. The standard InChI is InChI=1S/C37H34N4O5.C2H4O2/c1-45-32-23-27(19-22-31(32)46-24-25-11-5-2-6-12-25)33(40-30-20-17-26(18-21-30)34(38)39)35(42)41-37(36(43)44,28-13-7-3-8-14-28)29-15-9-4-10-16-29;1-2(3)4/h2-23,33,40H,24H2,1H3,(H3,38,39)(H,41,42)(H,43,44);1H3,(H,3,4). The van der Waals surface area contributed by atoms with Crippen LogP contribution in [-0.4, -0.2) is 41.0 Å². The van der Waals surface area contributed by atoms with Gasteiger partial charge in [0.2, 0.25) is 5.91 Å². The van der Waals surface area contributed by atoms with E-state index in [1.165, 1.54) is 7.11 Å². The molecule has 0 aliphatic heterocycles. The SMILES string of the molecule is CC(=O)O.COc1cc(C(Nc2ccc(C(=N)N)cc2)C(=O)NC(C(=O)O)(c2ccccc2)c2ccccc2)ccc1OCc1ccccc1. The fraction of sp³-hybridized carbons (Fsp3) is 0.128. The van der Waals surface area contributed by atoms with Gasteiger partial charge < -0.3 is 36.1 Å². The van der Waals surface area contributed by atoms with E-state index in [-0.39, 0.29) is 5.84 Å². The number of carbonyl (C=O) groups is 3. The van der Waals surface area contributed by atoms with Crippen molar-refractivity contribution >= 4 is 29.4 Å². The van der Waals surface area contributed by atoms with Crippen LogP contribution in [0, 0.1) is 5.41 Å². The number of amides is 1. The number of anilines is 1. The molecule has 7 N–H and O–H groups in total. The summed E-state index contributed by atoms with van der Waals surface area (Å²) in [5.41, 5.74) is 7.05. The highest BCUT2D eigenvalue weighted by atomic mass is 16.5. The lowest BCUT2D eigenvalue weighted by Gasteiger charge is -2.33. The van der Waals surface area contributed by atoms with Gasteiger partial charge in [-0.25, -0.2) is 4.79 Å². The zero-order chi connectivity index (χ0) is 36.1. The molecule has 0 aliphatic rings. The number of hydrogen-bond donors (Lipinski definition) is 6. The monoisotopic (exact) mass is 674 g/mol. The number of methoxy groups -OCH3 is 1. The Hall–Kier alpha value is -6.62. The van der Waals surface area contributed by atoms with Gasteiger partial charge in [0.05, 0.1) is 7.11 Å². The van der Waals surface area contributed by atoms with E-state index in [4.69, 9.17) is 30.5 Å². The molecule has 0 bridgehead atoms. The summed E-state index contributed by atoms with van der Waals surface area (Å²) >= 11 is 0. The molecule has 50 heavy (non-hydrogen) atoms. The Morgan fingerprint density at radius 3 is 1.78 bits per heavy atom. The molecule has 0 aliphatic carbocycles. The van der Waals surface area contributed by atoms with E-state index < -0.39 is 29.4 Å².